The van der Waals surface area contributed by atoms with E-state index in [1.807, 2.05) is 0 Å². The average Bonchev–Trinajstić information content (AvgIpc) is 2.14. The van der Waals surface area contributed by atoms with Crippen molar-refractivity contribution in [2.75, 3.05) is 6.54 Å². The summed E-state index contributed by atoms with van der Waals surface area (Å²) < 4.78 is 0. The van der Waals surface area contributed by atoms with Crippen molar-refractivity contribution in [3.05, 3.63) is 22.8 Å². The second-order valence-corrected chi connectivity index (χ2v) is 3.42. The van der Waals surface area contributed by atoms with Gasteiger partial charge in [-0.15, -0.1) is 0 Å². The molecule has 3 nitrogen and oxygen atoms in total. The van der Waals surface area contributed by atoms with Crippen molar-refractivity contribution < 1.29 is 0 Å². The first-order chi connectivity index (χ1) is 6.69. The summed E-state index contributed by atoms with van der Waals surface area (Å²) in [5.74, 6) is 0.902. The highest BCUT2D eigenvalue weighted by Crippen LogP contribution is 2.10. The van der Waals surface area contributed by atoms with Gasteiger partial charge < -0.3 is 5.32 Å². The monoisotopic (exact) mass is 193 g/mol. The molecule has 0 amide bonds. The zero-order valence-corrected chi connectivity index (χ0v) is 9.52. The van der Waals surface area contributed by atoms with Gasteiger partial charge >= 0.3 is 0 Å². The van der Waals surface area contributed by atoms with Crippen molar-refractivity contribution in [3.63, 3.8) is 0 Å². The molecule has 1 heterocycles. The van der Waals surface area contributed by atoms with Crippen LogP contribution in [0.4, 0.5) is 0 Å². The number of nitrogens with zero attached hydrogens (tertiary/aromatic N) is 2. The van der Waals surface area contributed by atoms with E-state index in [4.69, 9.17) is 0 Å². The van der Waals surface area contributed by atoms with Gasteiger partial charge in [0.15, 0.2) is 0 Å². The van der Waals surface area contributed by atoms with Crippen LogP contribution in [0.1, 0.15) is 36.6 Å². The molecule has 0 aromatic carbocycles. The number of aryl methyl sites for hydroxylation is 2. The molecule has 1 N–H and O–H groups in total. The summed E-state index contributed by atoms with van der Waals surface area (Å²) in [4.78, 5) is 8.94. The van der Waals surface area contributed by atoms with E-state index in [0.29, 0.717) is 0 Å². The Morgan fingerprint density at radius 2 is 1.64 bits per heavy atom. The maximum absolute atomic E-state index is 4.47. The van der Waals surface area contributed by atoms with Gasteiger partial charge in [-0.25, -0.2) is 9.97 Å². The van der Waals surface area contributed by atoms with Gasteiger partial charge in [0.1, 0.15) is 5.82 Å². The Bertz CT molecular complexity index is 284. The van der Waals surface area contributed by atoms with Gasteiger partial charge in [0.05, 0.1) is 6.54 Å². The second-order valence-electron chi connectivity index (χ2n) is 3.42. The van der Waals surface area contributed by atoms with Gasteiger partial charge in [-0.3, -0.25) is 0 Å². The van der Waals surface area contributed by atoms with Crippen molar-refractivity contribution >= 4 is 0 Å². The number of rotatable bonds is 4. The van der Waals surface area contributed by atoms with Gasteiger partial charge in [-0.05, 0) is 32.4 Å². The summed E-state index contributed by atoms with van der Waals surface area (Å²) in [6, 6.07) is 0. The van der Waals surface area contributed by atoms with Crippen LogP contribution in [0.2, 0.25) is 0 Å². The van der Waals surface area contributed by atoms with E-state index in [1.165, 1.54) is 5.56 Å². The maximum atomic E-state index is 4.47. The summed E-state index contributed by atoms with van der Waals surface area (Å²) >= 11 is 0. The van der Waals surface area contributed by atoms with Crippen molar-refractivity contribution in [1.82, 2.24) is 15.3 Å². The Balaban J connectivity index is 2.90. The van der Waals surface area contributed by atoms with Crippen molar-refractivity contribution in [1.29, 1.82) is 0 Å². The quantitative estimate of drug-likeness (QED) is 0.792. The van der Waals surface area contributed by atoms with Crippen molar-refractivity contribution in [3.8, 4) is 0 Å². The smallest absolute Gasteiger partial charge is 0.142 e. The van der Waals surface area contributed by atoms with Crippen LogP contribution >= 0.6 is 0 Å². The molecule has 1 aromatic heterocycles. The SMILES string of the molecule is CCNCc1nc(C)c(CC)c(C)n1. The molecular weight excluding hydrogens is 174 g/mol. The minimum Gasteiger partial charge on any atom is -0.310 e. The van der Waals surface area contributed by atoms with Gasteiger partial charge in [-0.2, -0.15) is 0 Å². The Kier molecular flexibility index (Phi) is 4.01. The lowest BCUT2D eigenvalue weighted by molar-refractivity contribution is 0.681. The number of hydrogen-bond acceptors (Lipinski definition) is 3. The van der Waals surface area contributed by atoms with Crippen LogP contribution in [0.3, 0.4) is 0 Å². The van der Waals surface area contributed by atoms with Gasteiger partial charge in [0.25, 0.3) is 0 Å². The summed E-state index contributed by atoms with van der Waals surface area (Å²) in [6.45, 7) is 10.1. The highest BCUT2D eigenvalue weighted by Gasteiger charge is 2.05. The Labute approximate surface area is 86.0 Å². The van der Waals surface area contributed by atoms with Crippen LogP contribution in [0.5, 0.6) is 0 Å². The van der Waals surface area contributed by atoms with E-state index in [9.17, 15) is 0 Å². The zero-order valence-electron chi connectivity index (χ0n) is 9.52. The summed E-state index contributed by atoms with van der Waals surface area (Å²) in [7, 11) is 0. The van der Waals surface area contributed by atoms with Crippen LogP contribution < -0.4 is 5.32 Å². The standard InChI is InChI=1S/C11H19N3/c1-5-10-8(3)13-11(7-12-6-2)14-9(10)4/h12H,5-7H2,1-4H3. The lowest BCUT2D eigenvalue weighted by Crippen LogP contribution is -2.16. The molecule has 0 bridgehead atoms. The molecule has 0 radical (unpaired) electrons. The van der Waals surface area contributed by atoms with E-state index < -0.39 is 0 Å². The largest absolute Gasteiger partial charge is 0.310 e. The zero-order chi connectivity index (χ0) is 10.6. The minimum absolute atomic E-state index is 0.766. The highest BCUT2D eigenvalue weighted by molar-refractivity contribution is 5.24. The molecule has 0 saturated heterocycles. The third kappa shape index (κ3) is 2.51. The second kappa shape index (κ2) is 5.05. The van der Waals surface area contributed by atoms with Crippen LogP contribution in [0, 0.1) is 13.8 Å². The summed E-state index contributed by atoms with van der Waals surface area (Å²) in [5, 5.41) is 3.23. The predicted octanol–water partition coefficient (Wildman–Crippen LogP) is 1.77. The third-order valence-electron chi connectivity index (χ3n) is 2.35. The van der Waals surface area contributed by atoms with E-state index in [0.717, 1.165) is 36.7 Å². The van der Waals surface area contributed by atoms with Gasteiger partial charge in [0, 0.05) is 11.4 Å². The molecule has 0 aliphatic heterocycles. The number of aromatic nitrogens is 2. The van der Waals surface area contributed by atoms with E-state index in [1.54, 1.807) is 0 Å². The molecule has 1 aromatic rings. The van der Waals surface area contributed by atoms with E-state index in [2.05, 4.69) is 43.0 Å². The third-order valence-corrected chi connectivity index (χ3v) is 2.35. The maximum Gasteiger partial charge on any atom is 0.142 e. The van der Waals surface area contributed by atoms with E-state index in [-0.39, 0.29) is 0 Å². The first kappa shape index (κ1) is 11.1. The number of nitrogens with one attached hydrogen (secondary N) is 1. The van der Waals surface area contributed by atoms with Crippen molar-refractivity contribution in [2.24, 2.45) is 0 Å². The lowest BCUT2D eigenvalue weighted by atomic mass is 10.1. The Hall–Kier alpha value is -0.960. The number of hydrogen-bond donors (Lipinski definition) is 1. The first-order valence-electron chi connectivity index (χ1n) is 5.22. The van der Waals surface area contributed by atoms with Gasteiger partial charge in [-0.1, -0.05) is 13.8 Å². The molecule has 0 aliphatic rings. The van der Waals surface area contributed by atoms with Gasteiger partial charge in [0.2, 0.25) is 0 Å². The molecule has 0 saturated carbocycles. The van der Waals surface area contributed by atoms with Crippen molar-refractivity contribution in [2.45, 2.75) is 40.7 Å². The van der Waals surface area contributed by atoms with Crippen LogP contribution in [0.15, 0.2) is 0 Å². The predicted molar refractivity (Wildman–Crippen MR) is 58.3 cm³/mol. The Morgan fingerprint density at radius 1 is 1.07 bits per heavy atom. The molecule has 3 heteroatoms. The van der Waals surface area contributed by atoms with E-state index >= 15 is 0 Å². The molecule has 0 aliphatic carbocycles. The van der Waals surface area contributed by atoms with Crippen LogP contribution in [-0.2, 0) is 13.0 Å². The highest BCUT2D eigenvalue weighted by atomic mass is 15.0. The summed E-state index contributed by atoms with van der Waals surface area (Å²) in [6.07, 6.45) is 1.01. The summed E-state index contributed by atoms with van der Waals surface area (Å²) in [5.41, 5.74) is 3.52. The molecule has 1 rings (SSSR count). The fourth-order valence-corrected chi connectivity index (χ4v) is 1.64. The average molecular weight is 193 g/mol. The molecule has 78 valence electrons. The molecule has 0 spiro atoms. The Morgan fingerprint density at radius 3 is 2.07 bits per heavy atom. The van der Waals surface area contributed by atoms with Crippen LogP contribution in [-0.4, -0.2) is 16.5 Å². The van der Waals surface area contributed by atoms with Crippen LogP contribution in [0.25, 0.3) is 0 Å². The normalized spacial score (nSPS) is 10.6. The molecule has 0 atom stereocenters. The molecule has 0 fully saturated rings. The minimum atomic E-state index is 0.766. The molecular formula is C11H19N3. The fourth-order valence-electron chi connectivity index (χ4n) is 1.64. The molecule has 0 unspecified atom stereocenters. The molecule has 14 heavy (non-hydrogen) atoms. The topological polar surface area (TPSA) is 37.8 Å². The fraction of sp³-hybridized carbons (Fsp3) is 0.636. The lowest BCUT2D eigenvalue weighted by Gasteiger charge is -2.08. The first-order valence-corrected chi connectivity index (χ1v) is 5.22.